The molecule has 2 aromatic rings. The fraction of sp³-hybridized carbons (Fsp3) is 0.214. The molecule has 0 amide bonds. The normalized spacial score (nSPS) is 10.0. The Morgan fingerprint density at radius 2 is 2.00 bits per heavy atom. The Labute approximate surface area is 112 Å². The molecule has 0 saturated heterocycles. The van der Waals surface area contributed by atoms with Gasteiger partial charge in [0.2, 0.25) is 0 Å². The standard InChI is InChI=1S/C14H16N4O/c1-3-15-13-8-14(17-9-16-13)18-12-6-4-5-11(7-12)10(2)19/h4-9H,3H2,1-2H3,(H2,15,16,17,18). The predicted octanol–water partition coefficient (Wildman–Crippen LogP) is 2.85. The summed E-state index contributed by atoms with van der Waals surface area (Å²) >= 11 is 0. The number of aromatic nitrogens is 2. The number of benzene rings is 1. The van der Waals surface area contributed by atoms with E-state index in [1.807, 2.05) is 25.1 Å². The van der Waals surface area contributed by atoms with Gasteiger partial charge in [-0.3, -0.25) is 4.79 Å². The van der Waals surface area contributed by atoms with Crippen LogP contribution in [-0.2, 0) is 0 Å². The number of ketones is 1. The molecule has 1 aromatic heterocycles. The van der Waals surface area contributed by atoms with Crippen LogP contribution in [0.4, 0.5) is 17.3 Å². The second-order valence-corrected chi connectivity index (χ2v) is 4.08. The van der Waals surface area contributed by atoms with E-state index in [9.17, 15) is 4.79 Å². The molecule has 0 aliphatic heterocycles. The molecule has 0 saturated carbocycles. The highest BCUT2D eigenvalue weighted by Crippen LogP contribution is 2.17. The number of carbonyl (C=O) groups is 1. The summed E-state index contributed by atoms with van der Waals surface area (Å²) in [6.07, 6.45) is 1.50. The van der Waals surface area contributed by atoms with E-state index in [2.05, 4.69) is 20.6 Å². The molecule has 5 nitrogen and oxygen atoms in total. The lowest BCUT2D eigenvalue weighted by molar-refractivity contribution is 0.101. The van der Waals surface area contributed by atoms with Gasteiger partial charge in [0.25, 0.3) is 0 Å². The van der Waals surface area contributed by atoms with Crippen molar-refractivity contribution in [2.24, 2.45) is 0 Å². The summed E-state index contributed by atoms with van der Waals surface area (Å²) < 4.78 is 0. The Bertz CT molecular complexity index is 583. The van der Waals surface area contributed by atoms with Crippen molar-refractivity contribution in [1.29, 1.82) is 0 Å². The fourth-order valence-corrected chi connectivity index (χ4v) is 1.67. The number of Topliss-reactive ketones (excluding diaryl/α,β-unsaturated/α-hetero) is 1. The van der Waals surface area contributed by atoms with E-state index in [1.165, 1.54) is 6.33 Å². The van der Waals surface area contributed by atoms with Crippen LogP contribution in [0.3, 0.4) is 0 Å². The average molecular weight is 256 g/mol. The highest BCUT2D eigenvalue weighted by Gasteiger charge is 2.02. The Hall–Kier alpha value is -2.43. The van der Waals surface area contributed by atoms with Gasteiger partial charge in [-0.2, -0.15) is 0 Å². The van der Waals surface area contributed by atoms with Crippen molar-refractivity contribution < 1.29 is 4.79 Å². The Kier molecular flexibility index (Phi) is 4.07. The van der Waals surface area contributed by atoms with E-state index >= 15 is 0 Å². The van der Waals surface area contributed by atoms with Crippen LogP contribution < -0.4 is 10.6 Å². The third-order valence-electron chi connectivity index (χ3n) is 2.57. The highest BCUT2D eigenvalue weighted by molar-refractivity contribution is 5.95. The molecule has 0 bridgehead atoms. The van der Waals surface area contributed by atoms with Crippen LogP contribution in [0, 0.1) is 0 Å². The number of nitrogens with one attached hydrogen (secondary N) is 2. The third-order valence-corrected chi connectivity index (χ3v) is 2.57. The summed E-state index contributed by atoms with van der Waals surface area (Å²) in [6, 6.07) is 9.14. The van der Waals surface area contributed by atoms with Crippen LogP contribution in [0.5, 0.6) is 0 Å². The SMILES string of the molecule is CCNc1cc(Nc2cccc(C(C)=O)c2)ncn1. The second kappa shape index (κ2) is 5.95. The number of nitrogens with zero attached hydrogens (tertiary/aromatic N) is 2. The maximum absolute atomic E-state index is 11.3. The molecule has 2 rings (SSSR count). The van der Waals surface area contributed by atoms with Crippen LogP contribution in [0.1, 0.15) is 24.2 Å². The zero-order valence-corrected chi connectivity index (χ0v) is 11.0. The lowest BCUT2D eigenvalue weighted by atomic mass is 10.1. The maximum atomic E-state index is 11.3. The van der Waals surface area contributed by atoms with Gasteiger partial charge in [-0.1, -0.05) is 12.1 Å². The summed E-state index contributed by atoms with van der Waals surface area (Å²) in [5.74, 6) is 1.49. The van der Waals surface area contributed by atoms with E-state index in [0.717, 1.165) is 18.1 Å². The molecule has 0 fully saturated rings. The minimum atomic E-state index is 0.0414. The molecule has 1 heterocycles. The Morgan fingerprint density at radius 3 is 2.74 bits per heavy atom. The largest absolute Gasteiger partial charge is 0.370 e. The average Bonchev–Trinajstić information content (AvgIpc) is 2.40. The van der Waals surface area contributed by atoms with Gasteiger partial charge >= 0.3 is 0 Å². The monoisotopic (exact) mass is 256 g/mol. The summed E-state index contributed by atoms with van der Waals surface area (Å²) in [6.45, 7) is 4.36. The van der Waals surface area contributed by atoms with Gasteiger partial charge in [0.1, 0.15) is 18.0 Å². The van der Waals surface area contributed by atoms with Gasteiger partial charge in [0, 0.05) is 23.9 Å². The van der Waals surface area contributed by atoms with Crippen molar-refractivity contribution in [2.45, 2.75) is 13.8 Å². The molecule has 0 spiro atoms. The minimum Gasteiger partial charge on any atom is -0.370 e. The van der Waals surface area contributed by atoms with Gasteiger partial charge in [-0.05, 0) is 26.0 Å². The van der Waals surface area contributed by atoms with Crippen molar-refractivity contribution in [2.75, 3.05) is 17.2 Å². The zero-order chi connectivity index (χ0) is 13.7. The van der Waals surface area contributed by atoms with Crippen molar-refractivity contribution in [3.05, 3.63) is 42.2 Å². The first kappa shape index (κ1) is 13.0. The Balaban J connectivity index is 2.18. The number of rotatable bonds is 5. The molecule has 2 N–H and O–H groups in total. The van der Waals surface area contributed by atoms with Crippen molar-refractivity contribution >= 4 is 23.1 Å². The fourth-order valence-electron chi connectivity index (χ4n) is 1.67. The summed E-state index contributed by atoms with van der Waals surface area (Å²) in [7, 11) is 0. The first-order valence-electron chi connectivity index (χ1n) is 6.13. The number of hydrogen-bond donors (Lipinski definition) is 2. The van der Waals surface area contributed by atoms with Gasteiger partial charge in [0.15, 0.2) is 5.78 Å². The maximum Gasteiger partial charge on any atom is 0.159 e. The third kappa shape index (κ3) is 3.51. The molecule has 0 atom stereocenters. The molecule has 1 aromatic carbocycles. The predicted molar refractivity (Wildman–Crippen MR) is 75.9 cm³/mol. The van der Waals surface area contributed by atoms with E-state index in [4.69, 9.17) is 0 Å². The lowest BCUT2D eigenvalue weighted by Gasteiger charge is -2.08. The topological polar surface area (TPSA) is 66.9 Å². The molecule has 0 radical (unpaired) electrons. The highest BCUT2D eigenvalue weighted by atomic mass is 16.1. The van der Waals surface area contributed by atoms with Crippen LogP contribution in [0.25, 0.3) is 0 Å². The van der Waals surface area contributed by atoms with Crippen LogP contribution >= 0.6 is 0 Å². The molecular weight excluding hydrogens is 240 g/mol. The molecule has 5 heteroatoms. The second-order valence-electron chi connectivity index (χ2n) is 4.08. The van der Waals surface area contributed by atoms with Gasteiger partial charge in [-0.15, -0.1) is 0 Å². The van der Waals surface area contributed by atoms with Crippen molar-refractivity contribution in [1.82, 2.24) is 9.97 Å². The minimum absolute atomic E-state index is 0.0414. The summed E-state index contributed by atoms with van der Waals surface area (Å²) in [4.78, 5) is 19.6. The molecule has 0 aliphatic carbocycles. The quantitative estimate of drug-likeness (QED) is 0.805. The van der Waals surface area contributed by atoms with E-state index in [0.29, 0.717) is 11.4 Å². The Morgan fingerprint density at radius 1 is 1.21 bits per heavy atom. The molecule has 0 aliphatic rings. The molecular formula is C14H16N4O. The van der Waals surface area contributed by atoms with E-state index in [-0.39, 0.29) is 5.78 Å². The number of hydrogen-bond acceptors (Lipinski definition) is 5. The van der Waals surface area contributed by atoms with Crippen LogP contribution in [-0.4, -0.2) is 22.3 Å². The van der Waals surface area contributed by atoms with Crippen LogP contribution in [0.2, 0.25) is 0 Å². The van der Waals surface area contributed by atoms with Crippen LogP contribution in [0.15, 0.2) is 36.7 Å². The van der Waals surface area contributed by atoms with Gasteiger partial charge < -0.3 is 10.6 Å². The van der Waals surface area contributed by atoms with Gasteiger partial charge in [0.05, 0.1) is 0 Å². The smallest absolute Gasteiger partial charge is 0.159 e. The van der Waals surface area contributed by atoms with Crippen molar-refractivity contribution in [3.8, 4) is 0 Å². The van der Waals surface area contributed by atoms with E-state index < -0.39 is 0 Å². The van der Waals surface area contributed by atoms with Crippen molar-refractivity contribution in [3.63, 3.8) is 0 Å². The first-order chi connectivity index (χ1) is 9.19. The zero-order valence-electron chi connectivity index (χ0n) is 11.0. The lowest BCUT2D eigenvalue weighted by Crippen LogP contribution is -2.02. The number of carbonyl (C=O) groups excluding carboxylic acids is 1. The molecule has 98 valence electrons. The number of anilines is 3. The molecule has 0 unspecified atom stereocenters. The van der Waals surface area contributed by atoms with E-state index in [1.54, 1.807) is 19.1 Å². The van der Waals surface area contributed by atoms with Gasteiger partial charge in [-0.25, -0.2) is 9.97 Å². The summed E-state index contributed by atoms with van der Waals surface area (Å²) in [5, 5.41) is 6.27. The summed E-state index contributed by atoms with van der Waals surface area (Å²) in [5.41, 5.74) is 1.50. The first-order valence-corrected chi connectivity index (χ1v) is 6.13. The molecule has 19 heavy (non-hydrogen) atoms.